The topological polar surface area (TPSA) is 58.1 Å². The van der Waals surface area contributed by atoms with Crippen LogP contribution in [0.3, 0.4) is 0 Å². The van der Waals surface area contributed by atoms with Crippen molar-refractivity contribution in [2.45, 2.75) is 23.7 Å². The van der Waals surface area contributed by atoms with E-state index in [1.54, 1.807) is 12.1 Å². The largest absolute Gasteiger partial charge is 0.300 e. The van der Waals surface area contributed by atoms with Crippen molar-refractivity contribution in [1.29, 1.82) is 0 Å². The molecule has 1 aliphatic heterocycles. The molecule has 1 saturated heterocycles. The molecule has 1 aliphatic rings. The molecule has 0 aliphatic carbocycles. The monoisotopic (exact) mass is 366 g/mol. The molecule has 128 valence electrons. The van der Waals surface area contributed by atoms with Crippen LogP contribution in [0.5, 0.6) is 0 Å². The normalized spacial score (nSPS) is 18.5. The highest BCUT2D eigenvalue weighted by molar-refractivity contribution is 8.00. The average Bonchev–Trinajstić information content (AvgIpc) is 3.05. The Bertz CT molecular complexity index is 692. The summed E-state index contributed by atoms with van der Waals surface area (Å²) in [6.45, 7) is 2.40. The predicted molar refractivity (Wildman–Crippen MR) is 94.7 cm³/mol. The molecule has 0 bridgehead atoms. The molecule has 1 fully saturated rings. The van der Waals surface area contributed by atoms with Gasteiger partial charge in [-0.3, -0.25) is 9.69 Å². The van der Waals surface area contributed by atoms with Gasteiger partial charge in [0.25, 0.3) is 0 Å². The van der Waals surface area contributed by atoms with Crippen molar-refractivity contribution in [3.8, 4) is 0 Å². The molecule has 3 rings (SSSR count). The Morgan fingerprint density at radius 1 is 1.42 bits per heavy atom. The Morgan fingerprint density at radius 2 is 2.21 bits per heavy atom. The lowest BCUT2D eigenvalue weighted by Gasteiger charge is -2.31. The lowest BCUT2D eigenvalue weighted by molar-refractivity contribution is -0.121. The Hall–Kier alpha value is -1.51. The second-order valence-corrected chi connectivity index (χ2v) is 7.80. The number of thioether (sulfide) groups is 1. The summed E-state index contributed by atoms with van der Waals surface area (Å²) in [5, 5.41) is 11.4. The summed E-state index contributed by atoms with van der Waals surface area (Å²) < 4.78 is 13.8. The number of carbonyl (C=O) groups excluding carboxylic acids is 1. The standard InChI is InChI=1S/C16H19FN4OS2/c1-23-16-20-19-15(24-16)18-14(22)12-3-2-8-21(10-12)9-11-4-6-13(17)7-5-11/h4-7,12H,2-3,8-10H2,1H3,(H,18,19,22)/t12-/m0/s1. The second-order valence-electron chi connectivity index (χ2n) is 5.77. The number of anilines is 1. The lowest BCUT2D eigenvalue weighted by Crippen LogP contribution is -2.40. The van der Waals surface area contributed by atoms with E-state index in [1.807, 2.05) is 6.26 Å². The van der Waals surface area contributed by atoms with Gasteiger partial charge in [0, 0.05) is 13.1 Å². The fourth-order valence-electron chi connectivity index (χ4n) is 2.81. The van der Waals surface area contributed by atoms with Crippen LogP contribution in [0, 0.1) is 11.7 Å². The third-order valence-electron chi connectivity index (χ3n) is 4.01. The molecule has 1 N–H and O–H groups in total. The summed E-state index contributed by atoms with van der Waals surface area (Å²) >= 11 is 2.90. The van der Waals surface area contributed by atoms with Gasteiger partial charge in [0.1, 0.15) is 5.82 Å². The van der Waals surface area contributed by atoms with Gasteiger partial charge in [0.05, 0.1) is 5.92 Å². The minimum Gasteiger partial charge on any atom is -0.300 e. The van der Waals surface area contributed by atoms with Gasteiger partial charge in [-0.05, 0) is 43.3 Å². The molecule has 1 aromatic heterocycles. The summed E-state index contributed by atoms with van der Waals surface area (Å²) in [4.78, 5) is 14.7. The summed E-state index contributed by atoms with van der Waals surface area (Å²) in [6.07, 6.45) is 3.78. The van der Waals surface area contributed by atoms with Crippen LogP contribution in [-0.4, -0.2) is 40.3 Å². The first kappa shape index (κ1) is 17.3. The summed E-state index contributed by atoms with van der Waals surface area (Å²) in [6, 6.07) is 6.54. The summed E-state index contributed by atoms with van der Waals surface area (Å²) in [5.41, 5.74) is 1.06. The maximum atomic E-state index is 13.0. The molecule has 1 aromatic carbocycles. The number of rotatable bonds is 5. The highest BCUT2D eigenvalue weighted by Crippen LogP contribution is 2.25. The van der Waals surface area contributed by atoms with Crippen LogP contribution in [0.4, 0.5) is 9.52 Å². The number of halogens is 1. The number of benzene rings is 1. The molecule has 0 saturated carbocycles. The van der Waals surface area contributed by atoms with E-state index in [-0.39, 0.29) is 17.6 Å². The van der Waals surface area contributed by atoms with Crippen LogP contribution in [0.25, 0.3) is 0 Å². The van der Waals surface area contributed by atoms with Crippen LogP contribution in [-0.2, 0) is 11.3 Å². The van der Waals surface area contributed by atoms with E-state index in [9.17, 15) is 9.18 Å². The number of carbonyl (C=O) groups is 1. The third-order valence-corrected chi connectivity index (χ3v) is 5.82. The summed E-state index contributed by atoms with van der Waals surface area (Å²) in [5.74, 6) is -0.278. The van der Waals surface area contributed by atoms with Gasteiger partial charge in [-0.15, -0.1) is 10.2 Å². The highest BCUT2D eigenvalue weighted by atomic mass is 32.2. The van der Waals surface area contributed by atoms with Crippen molar-refractivity contribution in [3.63, 3.8) is 0 Å². The van der Waals surface area contributed by atoms with Crippen molar-refractivity contribution >= 4 is 34.1 Å². The van der Waals surface area contributed by atoms with Crippen LogP contribution < -0.4 is 5.32 Å². The van der Waals surface area contributed by atoms with E-state index in [0.29, 0.717) is 11.7 Å². The van der Waals surface area contributed by atoms with E-state index < -0.39 is 0 Å². The number of nitrogens with zero attached hydrogens (tertiary/aromatic N) is 3. The van der Waals surface area contributed by atoms with Crippen LogP contribution in [0.1, 0.15) is 18.4 Å². The molecule has 8 heteroatoms. The summed E-state index contributed by atoms with van der Waals surface area (Å²) in [7, 11) is 0. The van der Waals surface area contributed by atoms with E-state index >= 15 is 0 Å². The molecule has 24 heavy (non-hydrogen) atoms. The Labute approximate surface area is 148 Å². The molecule has 0 unspecified atom stereocenters. The molecule has 0 spiro atoms. The molecule has 0 radical (unpaired) electrons. The minimum absolute atomic E-state index is 0.00242. The first-order valence-corrected chi connectivity index (χ1v) is 9.83. The van der Waals surface area contributed by atoms with Crippen molar-refractivity contribution in [2.24, 2.45) is 5.92 Å². The van der Waals surface area contributed by atoms with Gasteiger partial charge in [0.15, 0.2) is 4.34 Å². The van der Waals surface area contributed by atoms with Gasteiger partial charge < -0.3 is 5.32 Å². The molecular formula is C16H19FN4OS2. The number of amides is 1. The Balaban J connectivity index is 1.56. The van der Waals surface area contributed by atoms with E-state index in [0.717, 1.165) is 35.8 Å². The maximum absolute atomic E-state index is 13.0. The fraction of sp³-hybridized carbons (Fsp3) is 0.438. The zero-order valence-corrected chi connectivity index (χ0v) is 15.0. The van der Waals surface area contributed by atoms with Crippen LogP contribution >= 0.6 is 23.1 Å². The number of hydrogen-bond donors (Lipinski definition) is 1. The lowest BCUT2D eigenvalue weighted by atomic mass is 9.97. The highest BCUT2D eigenvalue weighted by Gasteiger charge is 2.26. The third kappa shape index (κ3) is 4.52. The zero-order chi connectivity index (χ0) is 16.9. The molecule has 1 atom stereocenters. The van der Waals surface area contributed by atoms with Crippen molar-refractivity contribution in [2.75, 3.05) is 24.7 Å². The SMILES string of the molecule is CSc1nnc(NC(=O)[C@H]2CCCN(Cc3ccc(F)cc3)C2)s1. The number of piperidine rings is 1. The molecule has 2 heterocycles. The van der Waals surface area contributed by atoms with E-state index in [2.05, 4.69) is 20.4 Å². The smallest absolute Gasteiger partial charge is 0.230 e. The van der Waals surface area contributed by atoms with Gasteiger partial charge in [-0.25, -0.2) is 4.39 Å². The minimum atomic E-state index is -0.226. The van der Waals surface area contributed by atoms with Crippen LogP contribution in [0.15, 0.2) is 28.6 Å². The predicted octanol–water partition coefficient (Wildman–Crippen LogP) is 3.25. The van der Waals surface area contributed by atoms with E-state index in [1.165, 1.54) is 35.2 Å². The van der Waals surface area contributed by atoms with Gasteiger partial charge in [-0.2, -0.15) is 0 Å². The van der Waals surface area contributed by atoms with Crippen molar-refractivity contribution < 1.29 is 9.18 Å². The Morgan fingerprint density at radius 3 is 2.92 bits per heavy atom. The van der Waals surface area contributed by atoms with Gasteiger partial charge in [0.2, 0.25) is 11.0 Å². The first-order valence-electron chi connectivity index (χ1n) is 7.79. The number of aromatic nitrogens is 2. The second kappa shape index (κ2) is 8.04. The first-order chi connectivity index (χ1) is 11.6. The van der Waals surface area contributed by atoms with Crippen LogP contribution in [0.2, 0.25) is 0 Å². The quantitative estimate of drug-likeness (QED) is 0.650. The van der Waals surface area contributed by atoms with E-state index in [4.69, 9.17) is 0 Å². The maximum Gasteiger partial charge on any atom is 0.230 e. The average molecular weight is 366 g/mol. The van der Waals surface area contributed by atoms with Crippen molar-refractivity contribution in [3.05, 3.63) is 35.6 Å². The van der Waals surface area contributed by atoms with Crippen molar-refractivity contribution in [1.82, 2.24) is 15.1 Å². The molecule has 5 nitrogen and oxygen atoms in total. The number of likely N-dealkylation sites (tertiary alicyclic amines) is 1. The number of hydrogen-bond acceptors (Lipinski definition) is 6. The zero-order valence-electron chi connectivity index (χ0n) is 13.4. The number of nitrogens with one attached hydrogen (secondary N) is 1. The fourth-order valence-corrected chi connectivity index (χ4v) is 3.98. The Kier molecular flexibility index (Phi) is 5.80. The molecular weight excluding hydrogens is 347 g/mol. The van der Waals surface area contributed by atoms with Gasteiger partial charge in [-0.1, -0.05) is 35.2 Å². The molecule has 1 amide bonds. The van der Waals surface area contributed by atoms with Gasteiger partial charge >= 0.3 is 0 Å². The molecule has 2 aromatic rings.